The predicted molar refractivity (Wildman–Crippen MR) is 201 cm³/mol. The Hall–Kier alpha value is -1.34. The second-order valence-electron chi connectivity index (χ2n) is 16.8. The number of ether oxygens (including phenoxy) is 9. The molecule has 0 aliphatic carbocycles. The maximum absolute atomic E-state index is 9.88. The van der Waals surface area contributed by atoms with E-state index in [2.05, 4.69) is 34.6 Å². The van der Waals surface area contributed by atoms with Crippen molar-refractivity contribution in [3.63, 3.8) is 0 Å². The lowest BCUT2D eigenvalue weighted by atomic mass is 9.77. The first-order valence-corrected chi connectivity index (χ1v) is 19.9. The zero-order chi connectivity index (χ0) is 38.2. The van der Waals surface area contributed by atoms with Gasteiger partial charge >= 0.3 is 0 Å². The zero-order valence-electron chi connectivity index (χ0n) is 34.3. The summed E-state index contributed by atoms with van der Waals surface area (Å²) in [6.07, 6.45) is 5.95. The van der Waals surface area contributed by atoms with Gasteiger partial charge in [-0.05, 0) is 90.3 Å². The Morgan fingerprint density at radius 1 is 0.827 bits per heavy atom. The van der Waals surface area contributed by atoms with Gasteiger partial charge in [-0.3, -0.25) is 0 Å². The van der Waals surface area contributed by atoms with Crippen LogP contribution >= 0.6 is 0 Å². The van der Waals surface area contributed by atoms with Gasteiger partial charge < -0.3 is 47.7 Å². The molecular weight excluding hydrogens is 664 g/mol. The summed E-state index contributed by atoms with van der Waals surface area (Å²) in [6, 6.07) is 7.87. The number of aliphatic hydroxyl groups excluding tert-OH is 1. The van der Waals surface area contributed by atoms with E-state index in [4.69, 9.17) is 42.6 Å². The third-order valence-electron chi connectivity index (χ3n) is 11.8. The topological polar surface area (TPSA) is 103 Å². The summed E-state index contributed by atoms with van der Waals surface area (Å²) in [5.74, 6) is -0.0598. The van der Waals surface area contributed by atoms with Crippen LogP contribution < -0.4 is 4.74 Å². The van der Waals surface area contributed by atoms with Gasteiger partial charge in [0.05, 0.1) is 68.7 Å². The Kier molecular flexibility index (Phi) is 16.3. The van der Waals surface area contributed by atoms with E-state index in [1.807, 2.05) is 59.1 Å². The lowest BCUT2D eigenvalue weighted by Crippen LogP contribution is -2.58. The minimum absolute atomic E-state index is 0.0391. The van der Waals surface area contributed by atoms with E-state index >= 15 is 0 Å². The van der Waals surface area contributed by atoms with E-state index in [0.29, 0.717) is 25.4 Å². The van der Waals surface area contributed by atoms with Crippen LogP contribution in [0.5, 0.6) is 5.75 Å². The van der Waals surface area contributed by atoms with E-state index in [9.17, 15) is 5.11 Å². The van der Waals surface area contributed by atoms with E-state index in [1.165, 1.54) is 0 Å². The molecule has 0 aromatic heterocycles. The van der Waals surface area contributed by atoms with Gasteiger partial charge in [0.2, 0.25) is 0 Å². The van der Waals surface area contributed by atoms with Gasteiger partial charge in [0, 0.05) is 51.4 Å². The first kappa shape index (κ1) is 43.4. The molecule has 0 radical (unpaired) electrons. The van der Waals surface area contributed by atoms with Crippen LogP contribution in [0.1, 0.15) is 113 Å². The summed E-state index contributed by atoms with van der Waals surface area (Å²) in [4.78, 5) is 0. The summed E-state index contributed by atoms with van der Waals surface area (Å²) >= 11 is 0. The van der Waals surface area contributed by atoms with Crippen molar-refractivity contribution >= 4 is 0 Å². The lowest BCUT2D eigenvalue weighted by Gasteiger charge is -2.52. The smallest absolute Gasteiger partial charge is 0.163 e. The van der Waals surface area contributed by atoms with Crippen LogP contribution in [0.25, 0.3) is 0 Å². The van der Waals surface area contributed by atoms with E-state index in [-0.39, 0.29) is 79.3 Å². The molecule has 3 aliphatic rings. The molecule has 0 unspecified atom stereocenters. The van der Waals surface area contributed by atoms with Gasteiger partial charge in [0.15, 0.2) is 11.6 Å². The molecule has 52 heavy (non-hydrogen) atoms. The lowest BCUT2D eigenvalue weighted by molar-refractivity contribution is -0.357. The Bertz CT molecular complexity index is 1180. The molecule has 3 aliphatic heterocycles. The minimum Gasteiger partial charge on any atom is -0.497 e. The zero-order valence-corrected chi connectivity index (χ0v) is 34.3. The molecule has 3 heterocycles. The minimum atomic E-state index is -0.780. The van der Waals surface area contributed by atoms with Crippen LogP contribution in [0, 0.1) is 23.7 Å². The summed E-state index contributed by atoms with van der Waals surface area (Å²) in [5.41, 5.74) is 1.05. The highest BCUT2D eigenvalue weighted by molar-refractivity contribution is 5.26. The van der Waals surface area contributed by atoms with Crippen molar-refractivity contribution < 1.29 is 47.7 Å². The van der Waals surface area contributed by atoms with Crippen molar-refractivity contribution in [2.24, 2.45) is 23.7 Å². The summed E-state index contributed by atoms with van der Waals surface area (Å²) in [6.45, 7) is 19.8. The number of hydrogen-bond acceptors (Lipinski definition) is 10. The predicted octanol–water partition coefficient (Wildman–Crippen LogP) is 7.71. The third kappa shape index (κ3) is 12.1. The quantitative estimate of drug-likeness (QED) is 0.161. The molecule has 10 heteroatoms. The number of hydrogen-bond donors (Lipinski definition) is 1. The molecule has 0 bridgehead atoms. The molecule has 1 N–H and O–H groups in total. The van der Waals surface area contributed by atoms with Crippen molar-refractivity contribution in [1.29, 1.82) is 0 Å². The van der Waals surface area contributed by atoms with Gasteiger partial charge in [0.1, 0.15) is 5.75 Å². The normalized spacial score (nSPS) is 33.5. The van der Waals surface area contributed by atoms with Gasteiger partial charge in [0.25, 0.3) is 0 Å². The SMILES string of the molecule is COc1ccc(CO[C@@H](CCO)C[C@H](OC)[C@@H](C)[C@@H]2C[C@H]([C@H](C)[C@@H]3OC(C)(C)O[C@@H]([C@@H](C)CC[C@H]4C[C@H](OC)C[C@H](C)O4)[C@@H]3C)OC(C)(C)O2)cc1. The average Bonchev–Trinajstić information content (AvgIpc) is 3.11. The Morgan fingerprint density at radius 3 is 2.12 bits per heavy atom. The number of methoxy groups -OCH3 is 3. The van der Waals surface area contributed by atoms with Gasteiger partial charge in [-0.15, -0.1) is 0 Å². The largest absolute Gasteiger partial charge is 0.497 e. The first-order chi connectivity index (χ1) is 24.6. The highest BCUT2D eigenvalue weighted by atomic mass is 16.7. The van der Waals surface area contributed by atoms with Crippen molar-refractivity contribution in [2.45, 2.75) is 180 Å². The molecule has 10 nitrogen and oxygen atoms in total. The summed E-state index contributed by atoms with van der Waals surface area (Å²) in [7, 11) is 5.22. The fourth-order valence-electron chi connectivity index (χ4n) is 8.81. The number of aliphatic hydroxyl groups is 1. The van der Waals surface area contributed by atoms with Gasteiger partial charge in [-0.2, -0.15) is 0 Å². The Labute approximate surface area is 314 Å². The second-order valence-corrected chi connectivity index (χ2v) is 16.8. The number of benzene rings is 1. The maximum Gasteiger partial charge on any atom is 0.163 e. The molecule has 3 saturated heterocycles. The molecule has 0 saturated carbocycles. The molecule has 1 aromatic carbocycles. The van der Waals surface area contributed by atoms with Crippen molar-refractivity contribution in [3.05, 3.63) is 29.8 Å². The first-order valence-electron chi connectivity index (χ1n) is 19.9. The monoisotopic (exact) mass is 737 g/mol. The van der Waals surface area contributed by atoms with Crippen LogP contribution in [0.15, 0.2) is 24.3 Å². The second kappa shape index (κ2) is 19.5. The highest BCUT2D eigenvalue weighted by Gasteiger charge is 2.50. The molecular formula is C42H72O10. The fourth-order valence-corrected chi connectivity index (χ4v) is 8.81. The molecule has 13 atom stereocenters. The van der Waals surface area contributed by atoms with Crippen LogP contribution in [-0.2, 0) is 44.5 Å². The number of rotatable bonds is 18. The Morgan fingerprint density at radius 2 is 1.48 bits per heavy atom. The highest BCUT2D eigenvalue weighted by Crippen LogP contribution is 2.43. The van der Waals surface area contributed by atoms with E-state index in [1.54, 1.807) is 14.2 Å². The fraction of sp³-hybridized carbons (Fsp3) is 0.857. The van der Waals surface area contributed by atoms with Crippen LogP contribution in [0.4, 0.5) is 0 Å². The molecule has 300 valence electrons. The van der Waals surface area contributed by atoms with E-state index < -0.39 is 11.6 Å². The Balaban J connectivity index is 1.40. The molecule has 1 aromatic rings. The van der Waals surface area contributed by atoms with Crippen molar-refractivity contribution in [1.82, 2.24) is 0 Å². The standard InChI is InChI=1S/C42H72O10/c1-26(13-16-34-22-35(45-11)21-27(2)48-34)39-30(5)40(52-42(8,9)51-39)29(4)38-24-37(49-41(6,7)50-38)28(3)36(46-12)23-33(19-20-43)47-25-31-14-17-32(44-10)18-15-31/h14-15,17-18,26-30,33-40,43H,13,16,19-25H2,1-12H3/t26-,27-,28+,29-,30-,33-,34-,35+,36-,37-,38+,39-,40-/m0/s1. The van der Waals surface area contributed by atoms with Crippen LogP contribution in [-0.4, -0.2) is 99.6 Å². The molecule has 0 amide bonds. The molecule has 3 fully saturated rings. The molecule has 4 rings (SSSR count). The third-order valence-corrected chi connectivity index (χ3v) is 11.8. The molecule has 0 spiro atoms. The summed E-state index contributed by atoms with van der Waals surface area (Å²) < 4.78 is 56.5. The summed E-state index contributed by atoms with van der Waals surface area (Å²) in [5, 5.41) is 9.88. The van der Waals surface area contributed by atoms with E-state index in [0.717, 1.165) is 43.4 Å². The van der Waals surface area contributed by atoms with Gasteiger partial charge in [-0.1, -0.05) is 39.8 Å². The van der Waals surface area contributed by atoms with Crippen molar-refractivity contribution in [2.75, 3.05) is 27.9 Å². The van der Waals surface area contributed by atoms with Gasteiger partial charge in [-0.25, -0.2) is 0 Å². The van der Waals surface area contributed by atoms with Crippen molar-refractivity contribution in [3.8, 4) is 5.75 Å². The maximum atomic E-state index is 9.88. The van der Waals surface area contributed by atoms with Crippen LogP contribution in [0.2, 0.25) is 0 Å². The van der Waals surface area contributed by atoms with Crippen LogP contribution in [0.3, 0.4) is 0 Å². The average molecular weight is 737 g/mol.